The molecule has 120 valence electrons. The first-order valence-corrected chi connectivity index (χ1v) is 8.61. The Balaban J connectivity index is 3.02. The van der Waals surface area contributed by atoms with E-state index in [0.717, 1.165) is 19.3 Å². The van der Waals surface area contributed by atoms with Crippen LogP contribution < -0.4 is 5.73 Å². The SMILES string of the molecule is C=CCCCN(C)S(=O)(=O)c1c(C)nn(CCCN)c1C. The molecule has 0 radical (unpaired) electrons. The number of hydrogen-bond donors (Lipinski definition) is 1. The van der Waals surface area contributed by atoms with Gasteiger partial charge in [-0.25, -0.2) is 12.7 Å². The zero-order valence-electron chi connectivity index (χ0n) is 13.2. The van der Waals surface area contributed by atoms with Gasteiger partial charge < -0.3 is 5.73 Å². The molecule has 1 aromatic rings. The monoisotopic (exact) mass is 314 g/mol. The first kappa shape index (κ1) is 17.9. The van der Waals surface area contributed by atoms with Gasteiger partial charge in [-0.15, -0.1) is 6.58 Å². The maximum absolute atomic E-state index is 12.7. The van der Waals surface area contributed by atoms with E-state index in [9.17, 15) is 8.42 Å². The van der Waals surface area contributed by atoms with Gasteiger partial charge in [-0.3, -0.25) is 4.68 Å². The van der Waals surface area contributed by atoms with Crippen molar-refractivity contribution in [2.24, 2.45) is 5.73 Å². The fourth-order valence-corrected chi connectivity index (χ4v) is 3.82. The van der Waals surface area contributed by atoms with Crippen molar-refractivity contribution in [3.8, 4) is 0 Å². The molecule has 2 N–H and O–H groups in total. The van der Waals surface area contributed by atoms with Gasteiger partial charge in [-0.1, -0.05) is 6.08 Å². The van der Waals surface area contributed by atoms with Gasteiger partial charge in [0.1, 0.15) is 4.90 Å². The average Bonchev–Trinajstić information content (AvgIpc) is 2.71. The smallest absolute Gasteiger partial charge is 0.246 e. The summed E-state index contributed by atoms with van der Waals surface area (Å²) in [6, 6.07) is 0. The highest BCUT2D eigenvalue weighted by atomic mass is 32.2. The highest BCUT2D eigenvalue weighted by Gasteiger charge is 2.28. The van der Waals surface area contributed by atoms with Crippen molar-refractivity contribution in [1.29, 1.82) is 0 Å². The summed E-state index contributed by atoms with van der Waals surface area (Å²) in [7, 11) is -1.89. The zero-order chi connectivity index (χ0) is 16.0. The Morgan fingerprint density at radius 3 is 2.62 bits per heavy atom. The maximum Gasteiger partial charge on any atom is 0.246 e. The van der Waals surface area contributed by atoms with Crippen molar-refractivity contribution in [3.05, 3.63) is 24.0 Å². The van der Waals surface area contributed by atoms with E-state index in [-0.39, 0.29) is 0 Å². The van der Waals surface area contributed by atoms with Crippen LogP contribution in [0.25, 0.3) is 0 Å². The number of nitrogens with zero attached hydrogens (tertiary/aromatic N) is 3. The van der Waals surface area contributed by atoms with Crippen molar-refractivity contribution in [3.63, 3.8) is 0 Å². The molecule has 0 bridgehead atoms. The van der Waals surface area contributed by atoms with Crippen LogP contribution in [-0.2, 0) is 16.6 Å². The standard InChI is InChI=1S/C14H26N4O2S/c1-5-6-7-10-17(4)21(19,20)14-12(2)16-18(13(14)3)11-8-9-15/h5H,1,6-11,15H2,2-4H3. The second-order valence-electron chi connectivity index (χ2n) is 5.12. The van der Waals surface area contributed by atoms with Crippen molar-refractivity contribution >= 4 is 10.0 Å². The molecule has 0 unspecified atom stereocenters. The van der Waals surface area contributed by atoms with E-state index in [4.69, 9.17) is 5.73 Å². The first-order chi connectivity index (χ1) is 9.86. The molecule has 0 saturated heterocycles. The van der Waals surface area contributed by atoms with Crippen molar-refractivity contribution < 1.29 is 8.42 Å². The molecular weight excluding hydrogens is 288 g/mol. The third-order valence-corrected chi connectivity index (χ3v) is 5.55. The number of allylic oxidation sites excluding steroid dienone is 1. The lowest BCUT2D eigenvalue weighted by atomic mass is 10.3. The van der Waals surface area contributed by atoms with Gasteiger partial charge in [0.15, 0.2) is 0 Å². The van der Waals surface area contributed by atoms with Gasteiger partial charge in [-0.2, -0.15) is 5.10 Å². The van der Waals surface area contributed by atoms with Gasteiger partial charge in [-0.05, 0) is 39.7 Å². The normalized spacial score (nSPS) is 12.0. The molecule has 0 amide bonds. The Hall–Kier alpha value is -1.18. The summed E-state index contributed by atoms with van der Waals surface area (Å²) in [5.41, 5.74) is 6.72. The minimum Gasteiger partial charge on any atom is -0.330 e. The van der Waals surface area contributed by atoms with Gasteiger partial charge in [0.2, 0.25) is 10.0 Å². The Morgan fingerprint density at radius 2 is 2.05 bits per heavy atom. The molecule has 0 aliphatic carbocycles. The predicted octanol–water partition coefficient (Wildman–Crippen LogP) is 1.44. The Morgan fingerprint density at radius 1 is 1.38 bits per heavy atom. The molecule has 0 fully saturated rings. The Labute approximate surface area is 127 Å². The molecule has 6 nitrogen and oxygen atoms in total. The third kappa shape index (κ3) is 4.15. The van der Waals surface area contributed by atoms with E-state index in [1.54, 1.807) is 31.7 Å². The fourth-order valence-electron chi connectivity index (χ4n) is 2.25. The lowest BCUT2D eigenvalue weighted by molar-refractivity contribution is 0.461. The van der Waals surface area contributed by atoms with E-state index in [1.165, 1.54) is 4.31 Å². The molecule has 0 aliphatic heterocycles. The number of hydrogen-bond acceptors (Lipinski definition) is 4. The van der Waals surface area contributed by atoms with Crippen molar-refractivity contribution in [2.45, 2.75) is 44.6 Å². The largest absolute Gasteiger partial charge is 0.330 e. The zero-order valence-corrected chi connectivity index (χ0v) is 14.0. The van der Waals surface area contributed by atoms with Crippen LogP contribution in [0.5, 0.6) is 0 Å². The lowest BCUT2D eigenvalue weighted by Gasteiger charge is -2.17. The topological polar surface area (TPSA) is 81.2 Å². The summed E-state index contributed by atoms with van der Waals surface area (Å²) < 4.78 is 28.5. The van der Waals surface area contributed by atoms with Gasteiger partial charge in [0, 0.05) is 20.1 Å². The van der Waals surface area contributed by atoms with Crippen LogP contribution in [-0.4, -0.2) is 42.6 Å². The van der Waals surface area contributed by atoms with Crippen molar-refractivity contribution in [2.75, 3.05) is 20.1 Å². The summed E-state index contributed by atoms with van der Waals surface area (Å²) in [5.74, 6) is 0. The molecule has 21 heavy (non-hydrogen) atoms. The van der Waals surface area contributed by atoms with E-state index in [2.05, 4.69) is 11.7 Å². The highest BCUT2D eigenvalue weighted by Crippen LogP contribution is 2.23. The average molecular weight is 314 g/mol. The summed E-state index contributed by atoms with van der Waals surface area (Å²) >= 11 is 0. The number of aromatic nitrogens is 2. The van der Waals surface area contributed by atoms with Crippen molar-refractivity contribution in [1.82, 2.24) is 14.1 Å². The molecule has 0 aromatic carbocycles. The second kappa shape index (κ2) is 7.72. The van der Waals surface area contributed by atoms with Crippen LogP contribution in [0.1, 0.15) is 30.7 Å². The van der Waals surface area contributed by atoms with E-state index in [1.807, 2.05) is 0 Å². The lowest BCUT2D eigenvalue weighted by Crippen LogP contribution is -2.28. The number of sulfonamides is 1. The molecule has 7 heteroatoms. The summed E-state index contributed by atoms with van der Waals surface area (Å²) in [4.78, 5) is 0.320. The summed E-state index contributed by atoms with van der Waals surface area (Å²) in [6.45, 7) is 8.84. The molecule has 1 rings (SSSR count). The molecule has 0 aliphatic rings. The minimum atomic E-state index is -3.50. The second-order valence-corrected chi connectivity index (χ2v) is 7.10. The van der Waals surface area contributed by atoms with Gasteiger partial charge in [0.25, 0.3) is 0 Å². The quantitative estimate of drug-likeness (QED) is 0.552. The molecule has 0 spiro atoms. The first-order valence-electron chi connectivity index (χ1n) is 7.17. The van der Waals surface area contributed by atoms with Crippen LogP contribution in [0.2, 0.25) is 0 Å². The Bertz CT molecular complexity index is 578. The maximum atomic E-state index is 12.7. The molecular formula is C14H26N4O2S. The van der Waals surface area contributed by atoms with Crippen LogP contribution in [0.4, 0.5) is 0 Å². The summed E-state index contributed by atoms with van der Waals surface area (Å²) in [5, 5.41) is 4.33. The number of rotatable bonds is 9. The van der Waals surface area contributed by atoms with Crippen LogP contribution in [0.3, 0.4) is 0 Å². The highest BCUT2D eigenvalue weighted by molar-refractivity contribution is 7.89. The predicted molar refractivity (Wildman–Crippen MR) is 84.6 cm³/mol. The molecule has 0 atom stereocenters. The van der Waals surface area contributed by atoms with Gasteiger partial charge >= 0.3 is 0 Å². The number of nitrogens with two attached hydrogens (primary N) is 1. The Kier molecular flexibility index (Phi) is 6.57. The molecule has 1 aromatic heterocycles. The molecule has 1 heterocycles. The fraction of sp³-hybridized carbons (Fsp3) is 0.643. The van der Waals surface area contributed by atoms with E-state index in [0.29, 0.717) is 35.9 Å². The van der Waals surface area contributed by atoms with Crippen LogP contribution in [0.15, 0.2) is 17.6 Å². The van der Waals surface area contributed by atoms with Crippen LogP contribution in [0, 0.1) is 13.8 Å². The number of aryl methyl sites for hydroxylation is 2. The minimum absolute atomic E-state index is 0.320. The van der Waals surface area contributed by atoms with E-state index < -0.39 is 10.0 Å². The summed E-state index contributed by atoms with van der Waals surface area (Å²) in [6.07, 6.45) is 4.13. The molecule has 0 saturated carbocycles. The third-order valence-electron chi connectivity index (χ3n) is 3.44. The van der Waals surface area contributed by atoms with E-state index >= 15 is 0 Å². The van der Waals surface area contributed by atoms with Gasteiger partial charge in [0.05, 0.1) is 11.4 Å². The number of unbranched alkanes of at least 4 members (excludes halogenated alkanes) is 1. The van der Waals surface area contributed by atoms with Crippen LogP contribution >= 0.6 is 0 Å².